The Morgan fingerprint density at radius 1 is 1.24 bits per heavy atom. The lowest BCUT2D eigenvalue weighted by molar-refractivity contribution is 0.174. The van der Waals surface area contributed by atoms with Gasteiger partial charge in [0.1, 0.15) is 0 Å². The van der Waals surface area contributed by atoms with Crippen LogP contribution in [0.15, 0.2) is 23.2 Å². The van der Waals surface area contributed by atoms with Crippen molar-refractivity contribution in [3.05, 3.63) is 39.3 Å². The minimum atomic E-state index is 0.294. The van der Waals surface area contributed by atoms with Crippen LogP contribution in [0, 0.1) is 13.8 Å². The van der Waals surface area contributed by atoms with Crippen LogP contribution in [0.5, 0.6) is 11.5 Å². The number of fused-ring (bicyclic) bond motifs is 1. The zero-order valence-corrected chi connectivity index (χ0v) is 15.7. The molecule has 2 N–H and O–H groups in total. The van der Waals surface area contributed by atoms with Gasteiger partial charge in [-0.25, -0.2) is 9.98 Å². The van der Waals surface area contributed by atoms with Crippen molar-refractivity contribution in [3.63, 3.8) is 0 Å². The number of hydrogen-bond acceptors (Lipinski definition) is 5. The predicted molar refractivity (Wildman–Crippen MR) is 101 cm³/mol. The van der Waals surface area contributed by atoms with E-state index < -0.39 is 0 Å². The van der Waals surface area contributed by atoms with Crippen LogP contribution < -0.4 is 20.1 Å². The number of aliphatic imine (C=N–C) groups is 1. The number of hydrogen-bond donors (Lipinski definition) is 2. The van der Waals surface area contributed by atoms with Gasteiger partial charge in [-0.05, 0) is 38.5 Å². The van der Waals surface area contributed by atoms with Gasteiger partial charge in [-0.15, -0.1) is 11.3 Å². The van der Waals surface area contributed by atoms with Crippen LogP contribution in [0.2, 0.25) is 0 Å². The molecule has 0 saturated heterocycles. The Morgan fingerprint density at radius 2 is 2.08 bits per heavy atom. The molecule has 2 aromatic rings. The first kappa shape index (κ1) is 17.5. The van der Waals surface area contributed by atoms with Gasteiger partial charge in [0, 0.05) is 24.4 Å². The molecular weight excluding hydrogens is 336 g/mol. The summed E-state index contributed by atoms with van der Waals surface area (Å²) >= 11 is 1.76. The van der Waals surface area contributed by atoms with Crippen molar-refractivity contribution < 1.29 is 9.47 Å². The maximum atomic E-state index is 5.41. The number of ether oxygens (including phenoxy) is 2. The van der Waals surface area contributed by atoms with Crippen LogP contribution in [0.4, 0.5) is 0 Å². The molecule has 0 spiro atoms. The van der Waals surface area contributed by atoms with Gasteiger partial charge in [-0.3, -0.25) is 0 Å². The van der Waals surface area contributed by atoms with Gasteiger partial charge in [0.05, 0.1) is 17.2 Å². The molecular formula is C18H24N4O2S. The number of thiazole rings is 1. The van der Waals surface area contributed by atoms with Gasteiger partial charge >= 0.3 is 0 Å². The lowest BCUT2D eigenvalue weighted by atomic mass is 10.2. The van der Waals surface area contributed by atoms with Crippen LogP contribution in [0.3, 0.4) is 0 Å². The zero-order chi connectivity index (χ0) is 17.6. The highest BCUT2D eigenvalue weighted by Gasteiger charge is 2.13. The van der Waals surface area contributed by atoms with Crippen LogP contribution in [0.1, 0.15) is 28.1 Å². The van der Waals surface area contributed by atoms with E-state index in [1.54, 1.807) is 11.3 Å². The first-order valence-corrected chi connectivity index (χ1v) is 9.31. The van der Waals surface area contributed by atoms with Gasteiger partial charge in [0.15, 0.2) is 17.5 Å². The molecule has 0 amide bonds. The molecule has 25 heavy (non-hydrogen) atoms. The van der Waals surface area contributed by atoms with Crippen molar-refractivity contribution >= 4 is 17.3 Å². The average Bonchev–Trinajstić information content (AvgIpc) is 3.18. The third kappa shape index (κ3) is 4.63. The van der Waals surface area contributed by atoms with E-state index in [-0.39, 0.29) is 0 Å². The van der Waals surface area contributed by atoms with E-state index in [4.69, 9.17) is 9.47 Å². The number of benzene rings is 1. The molecule has 6 nitrogen and oxygen atoms in total. The third-order valence-corrected chi connectivity index (χ3v) is 5.04. The van der Waals surface area contributed by atoms with Gasteiger partial charge in [-0.1, -0.05) is 6.07 Å². The Bertz CT molecular complexity index is 738. The van der Waals surface area contributed by atoms with Crippen molar-refractivity contribution in [1.82, 2.24) is 15.6 Å². The first-order chi connectivity index (χ1) is 12.2. The van der Waals surface area contributed by atoms with E-state index in [9.17, 15) is 0 Å². The Morgan fingerprint density at radius 3 is 2.84 bits per heavy atom. The third-order valence-electron chi connectivity index (χ3n) is 3.91. The topological polar surface area (TPSA) is 67.8 Å². The molecule has 0 unspecified atom stereocenters. The number of rotatable bonds is 6. The minimum Gasteiger partial charge on any atom is -0.454 e. The maximum absolute atomic E-state index is 5.41. The fourth-order valence-corrected chi connectivity index (χ4v) is 3.42. The molecule has 7 heteroatoms. The largest absolute Gasteiger partial charge is 0.454 e. The molecule has 0 atom stereocenters. The van der Waals surface area contributed by atoms with E-state index in [2.05, 4.69) is 41.4 Å². The predicted octanol–water partition coefficient (Wildman–Crippen LogP) is 2.79. The van der Waals surface area contributed by atoms with Crippen LogP contribution in [0.25, 0.3) is 0 Å². The second-order valence-corrected chi connectivity index (χ2v) is 7.10. The Hall–Kier alpha value is -2.28. The molecule has 0 radical (unpaired) electrons. The first-order valence-electron chi connectivity index (χ1n) is 8.49. The summed E-state index contributed by atoms with van der Waals surface area (Å²) in [7, 11) is 0. The summed E-state index contributed by atoms with van der Waals surface area (Å²) in [6, 6.07) is 5.93. The molecule has 1 aromatic heterocycles. The number of aryl methyl sites for hydroxylation is 2. The lowest BCUT2D eigenvalue weighted by Gasteiger charge is -2.10. The average molecular weight is 360 g/mol. The quantitative estimate of drug-likeness (QED) is 0.612. The molecule has 0 fully saturated rings. The summed E-state index contributed by atoms with van der Waals surface area (Å²) in [5.41, 5.74) is 2.22. The number of guanidine groups is 1. The molecule has 2 heterocycles. The fraction of sp³-hybridized carbons (Fsp3) is 0.444. The molecule has 1 aliphatic rings. The maximum Gasteiger partial charge on any atom is 0.231 e. The zero-order valence-electron chi connectivity index (χ0n) is 14.9. The summed E-state index contributed by atoms with van der Waals surface area (Å²) in [6.45, 7) is 8.73. The van der Waals surface area contributed by atoms with E-state index in [1.807, 2.05) is 18.2 Å². The molecule has 134 valence electrons. The van der Waals surface area contributed by atoms with E-state index in [0.717, 1.165) is 53.2 Å². The van der Waals surface area contributed by atoms with E-state index in [0.29, 0.717) is 13.3 Å². The molecule has 0 saturated carbocycles. The van der Waals surface area contributed by atoms with E-state index in [1.165, 1.54) is 4.88 Å². The van der Waals surface area contributed by atoms with Crippen LogP contribution in [-0.4, -0.2) is 30.8 Å². The van der Waals surface area contributed by atoms with Crippen molar-refractivity contribution in [2.45, 2.75) is 33.7 Å². The summed E-state index contributed by atoms with van der Waals surface area (Å²) in [4.78, 5) is 10.5. The summed E-state index contributed by atoms with van der Waals surface area (Å²) in [6.07, 6.45) is 0.897. The Kier molecular flexibility index (Phi) is 5.75. The summed E-state index contributed by atoms with van der Waals surface area (Å²) < 4.78 is 10.7. The highest BCUT2D eigenvalue weighted by Crippen LogP contribution is 2.32. The normalized spacial score (nSPS) is 13.2. The molecule has 1 aromatic carbocycles. The fourth-order valence-electron chi connectivity index (χ4n) is 2.49. The van der Waals surface area contributed by atoms with E-state index >= 15 is 0 Å². The molecule has 3 rings (SSSR count). The van der Waals surface area contributed by atoms with Gasteiger partial charge < -0.3 is 20.1 Å². The monoisotopic (exact) mass is 360 g/mol. The molecule has 0 bridgehead atoms. The number of nitrogens with one attached hydrogen (secondary N) is 2. The van der Waals surface area contributed by atoms with Gasteiger partial charge in [0.25, 0.3) is 0 Å². The van der Waals surface area contributed by atoms with Gasteiger partial charge in [0.2, 0.25) is 6.79 Å². The SMILES string of the molecule is CCNC(=NCc1ccc2c(c1)OCO2)NCCc1nc(C)c(C)s1. The van der Waals surface area contributed by atoms with Gasteiger partial charge in [-0.2, -0.15) is 0 Å². The van der Waals surface area contributed by atoms with Crippen LogP contribution >= 0.6 is 11.3 Å². The highest BCUT2D eigenvalue weighted by atomic mass is 32.1. The standard InChI is InChI=1S/C18H24N4O2S/c1-4-19-18(20-8-7-17-22-12(2)13(3)25-17)21-10-14-5-6-15-16(9-14)24-11-23-15/h5-6,9H,4,7-8,10-11H2,1-3H3,(H2,19,20,21). The van der Waals surface area contributed by atoms with Crippen molar-refractivity contribution in [1.29, 1.82) is 0 Å². The smallest absolute Gasteiger partial charge is 0.231 e. The summed E-state index contributed by atoms with van der Waals surface area (Å²) in [5.74, 6) is 2.40. The minimum absolute atomic E-state index is 0.294. The Balaban J connectivity index is 1.55. The Labute approximate surface area is 152 Å². The number of nitrogens with zero attached hydrogens (tertiary/aromatic N) is 2. The van der Waals surface area contributed by atoms with Crippen molar-refractivity contribution in [2.24, 2.45) is 4.99 Å². The summed E-state index contributed by atoms with van der Waals surface area (Å²) in [5, 5.41) is 7.81. The highest BCUT2D eigenvalue weighted by molar-refractivity contribution is 7.11. The van der Waals surface area contributed by atoms with Crippen LogP contribution in [-0.2, 0) is 13.0 Å². The second-order valence-electron chi connectivity index (χ2n) is 5.81. The second kappa shape index (κ2) is 8.20. The lowest BCUT2D eigenvalue weighted by Crippen LogP contribution is -2.38. The van der Waals surface area contributed by atoms with Crippen molar-refractivity contribution in [2.75, 3.05) is 19.9 Å². The number of aromatic nitrogens is 1. The molecule has 0 aliphatic carbocycles. The van der Waals surface area contributed by atoms with Crippen molar-refractivity contribution in [3.8, 4) is 11.5 Å². The molecule has 1 aliphatic heterocycles.